The van der Waals surface area contributed by atoms with Crippen LogP contribution in [0.5, 0.6) is 0 Å². The van der Waals surface area contributed by atoms with Crippen molar-refractivity contribution in [1.82, 2.24) is 0 Å². The van der Waals surface area contributed by atoms with Gasteiger partial charge in [0.05, 0.1) is 0 Å². The van der Waals surface area contributed by atoms with Crippen LogP contribution in [0.15, 0.2) is 70.3 Å². The average Bonchev–Trinajstić information content (AvgIpc) is 3.17. The fourth-order valence-electron chi connectivity index (χ4n) is 2.57. The van der Waals surface area contributed by atoms with Gasteiger partial charge in [0.25, 0.3) is 15.9 Å². The van der Waals surface area contributed by atoms with Crippen molar-refractivity contribution in [3.05, 3.63) is 77.2 Å². The molecule has 0 saturated carbocycles. The summed E-state index contributed by atoms with van der Waals surface area (Å²) in [5.41, 5.74) is 2.79. The van der Waals surface area contributed by atoms with Crippen molar-refractivity contribution in [3.63, 3.8) is 0 Å². The number of anilines is 2. The summed E-state index contributed by atoms with van der Waals surface area (Å²) in [6, 6.07) is 17.3. The molecule has 0 radical (unpaired) electrons. The van der Waals surface area contributed by atoms with Crippen LogP contribution >= 0.6 is 11.3 Å². The van der Waals surface area contributed by atoms with Crippen LogP contribution in [-0.4, -0.2) is 14.3 Å². The summed E-state index contributed by atoms with van der Waals surface area (Å²) in [4.78, 5) is 12.4. The minimum absolute atomic E-state index is 0.0504. The second kappa shape index (κ2) is 7.77. The highest BCUT2D eigenvalue weighted by molar-refractivity contribution is 7.94. The van der Waals surface area contributed by atoms with Crippen LogP contribution in [0.2, 0.25) is 0 Å². The van der Waals surface area contributed by atoms with Crippen LogP contribution < -0.4 is 10.0 Å². The molecular weight excluding hydrogens is 392 g/mol. The van der Waals surface area contributed by atoms with Crippen LogP contribution in [-0.2, 0) is 15.4 Å². The molecule has 0 saturated heterocycles. The van der Waals surface area contributed by atoms with Crippen LogP contribution in [0.1, 0.15) is 36.7 Å². The van der Waals surface area contributed by atoms with Gasteiger partial charge < -0.3 is 5.32 Å². The molecule has 5 nitrogen and oxygen atoms in total. The summed E-state index contributed by atoms with van der Waals surface area (Å²) >= 11 is 1.15. The van der Waals surface area contributed by atoms with Crippen molar-refractivity contribution in [1.29, 1.82) is 0 Å². The monoisotopic (exact) mass is 414 g/mol. The largest absolute Gasteiger partial charge is 0.322 e. The Bertz CT molecular complexity index is 1050. The van der Waals surface area contributed by atoms with Gasteiger partial charge in [0.15, 0.2) is 0 Å². The maximum atomic E-state index is 12.4. The van der Waals surface area contributed by atoms with E-state index in [0.717, 1.165) is 11.3 Å². The summed E-state index contributed by atoms with van der Waals surface area (Å²) in [6.07, 6.45) is 0. The third-order valence-electron chi connectivity index (χ3n) is 4.17. The minimum Gasteiger partial charge on any atom is -0.322 e. The highest BCUT2D eigenvalue weighted by Crippen LogP contribution is 2.24. The van der Waals surface area contributed by atoms with E-state index in [1.807, 2.05) is 24.3 Å². The molecule has 0 aliphatic heterocycles. The second-order valence-electron chi connectivity index (χ2n) is 7.40. The smallest absolute Gasteiger partial charge is 0.271 e. The Morgan fingerprint density at radius 1 is 0.893 bits per heavy atom. The molecule has 0 atom stereocenters. The summed E-state index contributed by atoms with van der Waals surface area (Å²) in [7, 11) is -3.60. The van der Waals surface area contributed by atoms with Crippen LogP contribution in [0, 0.1) is 0 Å². The zero-order valence-electron chi connectivity index (χ0n) is 15.9. The number of sulfonamides is 1. The number of thiophene rings is 1. The molecule has 1 amide bonds. The first kappa shape index (κ1) is 20.1. The van der Waals surface area contributed by atoms with E-state index >= 15 is 0 Å². The molecule has 7 heteroatoms. The lowest BCUT2D eigenvalue weighted by Gasteiger charge is -2.19. The molecule has 1 heterocycles. The van der Waals surface area contributed by atoms with Crippen LogP contribution in [0.3, 0.4) is 0 Å². The molecular formula is C21H22N2O3S2. The maximum Gasteiger partial charge on any atom is 0.271 e. The predicted molar refractivity (Wildman–Crippen MR) is 115 cm³/mol. The van der Waals surface area contributed by atoms with Gasteiger partial charge in [-0.15, -0.1) is 11.3 Å². The van der Waals surface area contributed by atoms with Crippen LogP contribution in [0.4, 0.5) is 11.4 Å². The van der Waals surface area contributed by atoms with Crippen molar-refractivity contribution < 1.29 is 13.2 Å². The third-order valence-corrected chi connectivity index (χ3v) is 6.95. The SMILES string of the molecule is CC(C)(C)c1ccc(NC(=O)c2ccc(NS(=O)(=O)c3cccs3)cc2)cc1. The van der Waals surface area contributed by atoms with E-state index in [1.54, 1.807) is 41.8 Å². The van der Waals surface area contributed by atoms with Crippen molar-refractivity contribution in [3.8, 4) is 0 Å². The van der Waals surface area contributed by atoms with Gasteiger partial charge in [-0.25, -0.2) is 8.42 Å². The number of hydrogen-bond acceptors (Lipinski definition) is 4. The number of benzene rings is 2. The Kier molecular flexibility index (Phi) is 5.58. The van der Waals surface area contributed by atoms with Crippen molar-refractivity contribution in [2.24, 2.45) is 0 Å². The third kappa shape index (κ3) is 4.79. The molecule has 3 rings (SSSR count). The Morgan fingerprint density at radius 2 is 1.50 bits per heavy atom. The first-order valence-corrected chi connectivity index (χ1v) is 11.1. The number of hydrogen-bond donors (Lipinski definition) is 2. The molecule has 0 fully saturated rings. The number of amides is 1. The molecule has 0 unspecified atom stereocenters. The quantitative estimate of drug-likeness (QED) is 0.610. The van der Waals surface area contributed by atoms with Gasteiger partial charge in [-0.05, 0) is 58.8 Å². The zero-order valence-corrected chi connectivity index (χ0v) is 17.5. The van der Waals surface area contributed by atoms with Gasteiger partial charge >= 0.3 is 0 Å². The Hall–Kier alpha value is -2.64. The summed E-state index contributed by atoms with van der Waals surface area (Å²) in [6.45, 7) is 6.40. The highest BCUT2D eigenvalue weighted by atomic mass is 32.2. The number of carbonyl (C=O) groups excluding carboxylic acids is 1. The Morgan fingerprint density at radius 3 is 2.04 bits per heavy atom. The molecule has 146 valence electrons. The summed E-state index contributed by atoms with van der Waals surface area (Å²) in [5, 5.41) is 4.56. The molecule has 0 aliphatic carbocycles. The molecule has 0 bridgehead atoms. The minimum atomic E-state index is -3.60. The zero-order chi connectivity index (χ0) is 20.4. The average molecular weight is 415 g/mol. The molecule has 3 aromatic rings. The Labute approximate surface area is 169 Å². The molecule has 2 aromatic carbocycles. The summed E-state index contributed by atoms with van der Waals surface area (Å²) in [5.74, 6) is -0.254. The second-order valence-corrected chi connectivity index (χ2v) is 10.3. The van der Waals surface area contributed by atoms with Gasteiger partial charge in [-0.1, -0.05) is 39.0 Å². The Balaban J connectivity index is 1.67. The fraction of sp³-hybridized carbons (Fsp3) is 0.190. The van der Waals surface area contributed by atoms with E-state index in [9.17, 15) is 13.2 Å². The predicted octanol–water partition coefficient (Wildman–Crippen LogP) is 5.10. The van der Waals surface area contributed by atoms with Crippen molar-refractivity contribution >= 4 is 38.6 Å². The van der Waals surface area contributed by atoms with Gasteiger partial charge in [0.2, 0.25) is 0 Å². The molecule has 0 aliphatic rings. The van der Waals surface area contributed by atoms with E-state index in [2.05, 4.69) is 30.8 Å². The van der Waals surface area contributed by atoms with Gasteiger partial charge in [-0.2, -0.15) is 0 Å². The normalized spacial score (nSPS) is 11.8. The standard InChI is InChI=1S/C21H22N2O3S2/c1-21(2,3)16-8-12-17(13-9-16)22-20(24)15-6-10-18(11-7-15)23-28(25,26)19-5-4-14-27-19/h4-14,23H,1-3H3,(H,22,24). The van der Waals surface area contributed by atoms with Gasteiger partial charge in [-0.3, -0.25) is 9.52 Å². The lowest BCUT2D eigenvalue weighted by molar-refractivity contribution is 0.102. The first-order valence-electron chi connectivity index (χ1n) is 8.73. The fourth-order valence-corrected chi connectivity index (χ4v) is 4.62. The topological polar surface area (TPSA) is 75.3 Å². The van der Waals surface area contributed by atoms with E-state index in [1.165, 1.54) is 5.56 Å². The highest BCUT2D eigenvalue weighted by Gasteiger charge is 2.16. The molecule has 0 spiro atoms. The van der Waals surface area contributed by atoms with E-state index in [0.29, 0.717) is 16.9 Å². The number of carbonyl (C=O) groups is 1. The molecule has 2 N–H and O–H groups in total. The van der Waals surface area contributed by atoms with E-state index in [-0.39, 0.29) is 15.5 Å². The lowest BCUT2D eigenvalue weighted by Crippen LogP contribution is -2.14. The molecule has 1 aromatic heterocycles. The van der Waals surface area contributed by atoms with Gasteiger partial charge in [0, 0.05) is 16.9 Å². The van der Waals surface area contributed by atoms with Gasteiger partial charge in [0.1, 0.15) is 4.21 Å². The number of rotatable bonds is 5. The number of nitrogens with one attached hydrogen (secondary N) is 2. The first-order chi connectivity index (χ1) is 13.1. The summed E-state index contributed by atoms with van der Waals surface area (Å²) < 4.78 is 27.2. The lowest BCUT2D eigenvalue weighted by atomic mass is 9.87. The van der Waals surface area contributed by atoms with E-state index < -0.39 is 10.0 Å². The van der Waals surface area contributed by atoms with E-state index in [4.69, 9.17) is 0 Å². The molecule has 28 heavy (non-hydrogen) atoms. The maximum absolute atomic E-state index is 12.4. The van der Waals surface area contributed by atoms with Crippen molar-refractivity contribution in [2.45, 2.75) is 30.4 Å². The van der Waals surface area contributed by atoms with Crippen LogP contribution in [0.25, 0.3) is 0 Å². The van der Waals surface area contributed by atoms with Crippen molar-refractivity contribution in [2.75, 3.05) is 10.0 Å².